The van der Waals surface area contributed by atoms with Gasteiger partial charge in [0.05, 0.1) is 12.7 Å². The fourth-order valence-corrected chi connectivity index (χ4v) is 1.77. The molecule has 0 bridgehead atoms. The van der Waals surface area contributed by atoms with E-state index in [2.05, 4.69) is 33.0 Å². The molecule has 0 amide bonds. The predicted octanol–water partition coefficient (Wildman–Crippen LogP) is 1.39. The Labute approximate surface area is 93.9 Å². The molecule has 0 saturated heterocycles. The molecular formula is C12H27NO2. The molecule has 3 heteroatoms. The average Bonchev–Trinajstić information content (AvgIpc) is 2.11. The van der Waals surface area contributed by atoms with E-state index in [1.807, 2.05) is 0 Å². The smallest absolute Gasteiger partial charge is 0.0895 e. The summed E-state index contributed by atoms with van der Waals surface area (Å²) >= 11 is 0. The third-order valence-corrected chi connectivity index (χ3v) is 2.36. The lowest BCUT2D eigenvalue weighted by Gasteiger charge is -2.23. The van der Waals surface area contributed by atoms with Crippen LogP contribution < -0.4 is 5.32 Å². The number of hydrogen-bond donors (Lipinski definition) is 3. The Morgan fingerprint density at radius 2 is 1.47 bits per heavy atom. The molecule has 3 nitrogen and oxygen atoms in total. The van der Waals surface area contributed by atoms with Crippen LogP contribution in [0.15, 0.2) is 0 Å². The van der Waals surface area contributed by atoms with Crippen LogP contribution >= 0.6 is 0 Å². The Balaban J connectivity index is 3.89. The first-order valence-electron chi connectivity index (χ1n) is 5.98. The molecule has 0 rings (SSSR count). The average molecular weight is 217 g/mol. The van der Waals surface area contributed by atoms with Crippen LogP contribution in [0.2, 0.25) is 0 Å². The van der Waals surface area contributed by atoms with Gasteiger partial charge in [-0.2, -0.15) is 0 Å². The molecule has 0 saturated carbocycles. The van der Waals surface area contributed by atoms with Gasteiger partial charge in [-0.15, -0.1) is 0 Å². The quantitative estimate of drug-likeness (QED) is 0.576. The molecular weight excluding hydrogens is 190 g/mol. The molecule has 0 aliphatic heterocycles. The highest BCUT2D eigenvalue weighted by atomic mass is 16.3. The van der Waals surface area contributed by atoms with Gasteiger partial charge < -0.3 is 15.5 Å². The van der Waals surface area contributed by atoms with E-state index in [1.165, 1.54) is 0 Å². The monoisotopic (exact) mass is 217 g/mol. The van der Waals surface area contributed by atoms with E-state index >= 15 is 0 Å². The van der Waals surface area contributed by atoms with Gasteiger partial charge in [-0.05, 0) is 24.7 Å². The topological polar surface area (TPSA) is 52.5 Å². The van der Waals surface area contributed by atoms with Gasteiger partial charge in [-0.3, -0.25) is 0 Å². The Bertz CT molecular complexity index is 139. The van der Waals surface area contributed by atoms with Crippen molar-refractivity contribution in [1.29, 1.82) is 0 Å². The zero-order chi connectivity index (χ0) is 11.8. The van der Waals surface area contributed by atoms with E-state index in [0.29, 0.717) is 24.4 Å². The van der Waals surface area contributed by atoms with Crippen molar-refractivity contribution < 1.29 is 10.2 Å². The third kappa shape index (κ3) is 8.85. The zero-order valence-electron chi connectivity index (χ0n) is 10.5. The van der Waals surface area contributed by atoms with Crippen molar-refractivity contribution in [2.45, 2.75) is 52.7 Å². The highest BCUT2D eigenvalue weighted by molar-refractivity contribution is 4.72. The van der Waals surface area contributed by atoms with Crippen molar-refractivity contribution in [2.75, 3.05) is 13.2 Å². The van der Waals surface area contributed by atoms with Gasteiger partial charge in [-0.25, -0.2) is 0 Å². The van der Waals surface area contributed by atoms with Crippen molar-refractivity contribution in [3.8, 4) is 0 Å². The molecule has 15 heavy (non-hydrogen) atoms. The summed E-state index contributed by atoms with van der Waals surface area (Å²) in [4.78, 5) is 0. The summed E-state index contributed by atoms with van der Waals surface area (Å²) in [6, 6.07) is 0.450. The van der Waals surface area contributed by atoms with Gasteiger partial charge >= 0.3 is 0 Å². The second-order valence-electron chi connectivity index (χ2n) is 5.20. The standard InChI is InChI=1S/C12H27NO2/c1-9(2)5-11(6-10(3)4)13-7-12(15)8-14/h9-15H,5-8H2,1-4H3. The second-order valence-corrected chi connectivity index (χ2v) is 5.20. The van der Waals surface area contributed by atoms with Crippen molar-refractivity contribution in [1.82, 2.24) is 5.32 Å². The lowest BCUT2D eigenvalue weighted by molar-refractivity contribution is 0.0902. The minimum Gasteiger partial charge on any atom is -0.394 e. The normalized spacial score (nSPS) is 14.2. The molecule has 0 spiro atoms. The largest absolute Gasteiger partial charge is 0.394 e. The molecule has 0 fully saturated rings. The Morgan fingerprint density at radius 1 is 1.00 bits per heavy atom. The fourth-order valence-electron chi connectivity index (χ4n) is 1.77. The van der Waals surface area contributed by atoms with E-state index in [-0.39, 0.29) is 6.61 Å². The Hall–Kier alpha value is -0.120. The first-order valence-corrected chi connectivity index (χ1v) is 5.98. The summed E-state index contributed by atoms with van der Waals surface area (Å²) in [5.41, 5.74) is 0. The van der Waals surface area contributed by atoms with Crippen LogP contribution in [0.25, 0.3) is 0 Å². The Kier molecular flexibility index (Phi) is 8.02. The van der Waals surface area contributed by atoms with E-state index in [4.69, 9.17) is 5.11 Å². The van der Waals surface area contributed by atoms with Crippen LogP contribution in [0, 0.1) is 11.8 Å². The van der Waals surface area contributed by atoms with Gasteiger partial charge in [0.2, 0.25) is 0 Å². The summed E-state index contributed by atoms with van der Waals surface area (Å²) in [5.74, 6) is 1.32. The molecule has 0 heterocycles. The van der Waals surface area contributed by atoms with E-state index in [0.717, 1.165) is 12.8 Å². The molecule has 0 aromatic carbocycles. The van der Waals surface area contributed by atoms with Crippen LogP contribution in [-0.2, 0) is 0 Å². The third-order valence-electron chi connectivity index (χ3n) is 2.36. The molecule has 1 unspecified atom stereocenters. The second kappa shape index (κ2) is 8.08. The lowest BCUT2D eigenvalue weighted by atomic mass is 9.95. The Morgan fingerprint density at radius 3 is 1.80 bits per heavy atom. The fraction of sp³-hybridized carbons (Fsp3) is 1.00. The van der Waals surface area contributed by atoms with Gasteiger partial charge in [0, 0.05) is 12.6 Å². The SMILES string of the molecule is CC(C)CC(CC(C)C)NCC(O)CO. The first-order chi connectivity index (χ1) is 6.95. The number of hydrogen-bond acceptors (Lipinski definition) is 3. The van der Waals surface area contributed by atoms with Gasteiger partial charge in [-0.1, -0.05) is 27.7 Å². The molecule has 3 N–H and O–H groups in total. The summed E-state index contributed by atoms with van der Waals surface area (Å²) in [7, 11) is 0. The van der Waals surface area contributed by atoms with Crippen LogP contribution in [0.3, 0.4) is 0 Å². The molecule has 1 atom stereocenters. The van der Waals surface area contributed by atoms with Crippen LogP contribution in [-0.4, -0.2) is 35.5 Å². The summed E-state index contributed by atoms with van der Waals surface area (Å²) in [6.07, 6.45) is 1.61. The molecule has 0 aliphatic carbocycles. The van der Waals surface area contributed by atoms with Gasteiger partial charge in [0.25, 0.3) is 0 Å². The summed E-state index contributed by atoms with van der Waals surface area (Å²) < 4.78 is 0. The molecule has 0 aromatic rings. The van der Waals surface area contributed by atoms with Gasteiger partial charge in [0.15, 0.2) is 0 Å². The maximum Gasteiger partial charge on any atom is 0.0895 e. The highest BCUT2D eigenvalue weighted by Crippen LogP contribution is 2.13. The number of aliphatic hydroxyl groups is 2. The van der Waals surface area contributed by atoms with E-state index in [9.17, 15) is 5.11 Å². The maximum absolute atomic E-state index is 9.26. The molecule has 0 radical (unpaired) electrons. The lowest BCUT2D eigenvalue weighted by Crippen LogP contribution is -2.38. The van der Waals surface area contributed by atoms with Crippen molar-refractivity contribution >= 4 is 0 Å². The number of aliphatic hydroxyl groups excluding tert-OH is 2. The highest BCUT2D eigenvalue weighted by Gasteiger charge is 2.13. The van der Waals surface area contributed by atoms with E-state index < -0.39 is 6.10 Å². The van der Waals surface area contributed by atoms with Gasteiger partial charge in [0.1, 0.15) is 0 Å². The maximum atomic E-state index is 9.26. The van der Waals surface area contributed by atoms with Crippen molar-refractivity contribution in [3.63, 3.8) is 0 Å². The molecule has 0 aliphatic rings. The summed E-state index contributed by atoms with van der Waals surface area (Å²) in [5, 5.41) is 21.3. The predicted molar refractivity (Wildman–Crippen MR) is 63.8 cm³/mol. The van der Waals surface area contributed by atoms with Crippen LogP contribution in [0.1, 0.15) is 40.5 Å². The minimum absolute atomic E-state index is 0.164. The minimum atomic E-state index is -0.633. The molecule has 92 valence electrons. The van der Waals surface area contributed by atoms with Crippen molar-refractivity contribution in [3.05, 3.63) is 0 Å². The van der Waals surface area contributed by atoms with Crippen molar-refractivity contribution in [2.24, 2.45) is 11.8 Å². The van der Waals surface area contributed by atoms with E-state index in [1.54, 1.807) is 0 Å². The molecule has 0 aromatic heterocycles. The number of nitrogens with one attached hydrogen (secondary N) is 1. The summed E-state index contributed by atoms with van der Waals surface area (Å²) in [6.45, 7) is 9.15. The first kappa shape index (κ1) is 14.9. The van der Waals surface area contributed by atoms with Crippen LogP contribution in [0.5, 0.6) is 0 Å². The zero-order valence-corrected chi connectivity index (χ0v) is 10.5. The number of rotatable bonds is 8. The van der Waals surface area contributed by atoms with Crippen LogP contribution in [0.4, 0.5) is 0 Å².